The fourth-order valence-electron chi connectivity index (χ4n) is 2.01. The number of carbonyl (C=O) groups is 1. The van der Waals surface area contributed by atoms with Crippen LogP contribution in [0, 0.1) is 11.8 Å². The summed E-state index contributed by atoms with van der Waals surface area (Å²) in [5, 5.41) is 12.0. The van der Waals surface area contributed by atoms with Crippen LogP contribution in [0.15, 0.2) is 24.5 Å². The number of hydrogen-bond acceptors (Lipinski definition) is 4. The minimum absolute atomic E-state index is 0.0492. The van der Waals surface area contributed by atoms with Crippen LogP contribution < -0.4 is 5.32 Å². The highest BCUT2D eigenvalue weighted by molar-refractivity contribution is 7.16. The van der Waals surface area contributed by atoms with Crippen LogP contribution in [0.2, 0.25) is 0 Å². The highest BCUT2D eigenvalue weighted by Crippen LogP contribution is 2.36. The second kappa shape index (κ2) is 6.12. The fourth-order valence-corrected chi connectivity index (χ4v) is 2.70. The minimum atomic E-state index is -0.142. The Balaban J connectivity index is 1.67. The fraction of sp³-hybridized carbons (Fsp3) is 0.333. The summed E-state index contributed by atoms with van der Waals surface area (Å²) in [6.45, 7) is 0.0492. The van der Waals surface area contributed by atoms with Crippen LogP contribution in [-0.2, 0) is 0 Å². The molecule has 5 nitrogen and oxygen atoms in total. The normalized spacial score (nSPS) is 13.6. The monoisotopic (exact) mass is 301 g/mol. The average Bonchev–Trinajstić information content (AvgIpc) is 3.03. The molecular formula is C15H15N3O2S. The third-order valence-corrected chi connectivity index (χ3v) is 3.95. The van der Waals surface area contributed by atoms with Gasteiger partial charge in [-0.3, -0.25) is 10.1 Å². The maximum atomic E-state index is 12.3. The van der Waals surface area contributed by atoms with Crippen molar-refractivity contribution in [1.82, 2.24) is 9.55 Å². The summed E-state index contributed by atoms with van der Waals surface area (Å²) in [6, 6.07) is 4.18. The predicted octanol–water partition coefficient (Wildman–Crippen LogP) is 2.27. The first-order valence-corrected chi connectivity index (χ1v) is 7.63. The third kappa shape index (κ3) is 3.32. The van der Waals surface area contributed by atoms with Crippen molar-refractivity contribution in [3.05, 3.63) is 35.1 Å². The molecule has 0 aliphatic heterocycles. The van der Waals surface area contributed by atoms with Crippen molar-refractivity contribution >= 4 is 22.4 Å². The van der Waals surface area contributed by atoms with Crippen LogP contribution in [0.4, 0.5) is 5.13 Å². The van der Waals surface area contributed by atoms with Gasteiger partial charge in [-0.15, -0.1) is 0 Å². The number of nitrogens with one attached hydrogen (secondary N) is 1. The van der Waals surface area contributed by atoms with Gasteiger partial charge in [0, 0.05) is 18.7 Å². The SMILES string of the molecule is O=C(Nc1ncc(C#CCCO)s1)c1cccn1C1CC1. The van der Waals surface area contributed by atoms with E-state index in [0.29, 0.717) is 23.3 Å². The lowest BCUT2D eigenvalue weighted by Gasteiger charge is -2.06. The molecule has 0 radical (unpaired) electrons. The highest BCUT2D eigenvalue weighted by atomic mass is 32.1. The quantitative estimate of drug-likeness (QED) is 0.851. The summed E-state index contributed by atoms with van der Waals surface area (Å²) in [7, 11) is 0. The van der Waals surface area contributed by atoms with E-state index < -0.39 is 0 Å². The molecule has 1 fully saturated rings. The Bertz CT molecular complexity index is 704. The Morgan fingerprint density at radius 1 is 1.57 bits per heavy atom. The van der Waals surface area contributed by atoms with E-state index in [-0.39, 0.29) is 12.5 Å². The zero-order valence-corrected chi connectivity index (χ0v) is 12.2. The van der Waals surface area contributed by atoms with Crippen LogP contribution in [0.25, 0.3) is 0 Å². The zero-order chi connectivity index (χ0) is 14.7. The van der Waals surface area contributed by atoms with Gasteiger partial charge >= 0.3 is 0 Å². The van der Waals surface area contributed by atoms with E-state index in [2.05, 4.69) is 22.1 Å². The summed E-state index contributed by atoms with van der Waals surface area (Å²) >= 11 is 1.33. The summed E-state index contributed by atoms with van der Waals surface area (Å²) in [4.78, 5) is 17.2. The van der Waals surface area contributed by atoms with Gasteiger partial charge in [0.05, 0.1) is 17.7 Å². The van der Waals surface area contributed by atoms with Crippen LogP contribution in [-0.4, -0.2) is 27.2 Å². The smallest absolute Gasteiger partial charge is 0.274 e. The standard InChI is InChI=1S/C15H15N3O2S/c19-9-2-1-4-12-10-16-15(21-12)17-14(20)13-5-3-8-18(13)11-6-7-11/h3,5,8,10-11,19H,2,6-7,9H2,(H,16,17,20). The maximum absolute atomic E-state index is 12.3. The van der Waals surface area contributed by atoms with Gasteiger partial charge in [-0.25, -0.2) is 4.98 Å². The van der Waals surface area contributed by atoms with Crippen LogP contribution >= 0.6 is 11.3 Å². The van der Waals surface area contributed by atoms with Crippen molar-refractivity contribution < 1.29 is 9.90 Å². The van der Waals surface area contributed by atoms with Crippen molar-refractivity contribution in [3.8, 4) is 11.8 Å². The van der Waals surface area contributed by atoms with Crippen molar-refractivity contribution in [2.24, 2.45) is 0 Å². The van der Waals surface area contributed by atoms with Gasteiger partial charge in [-0.1, -0.05) is 23.2 Å². The Kier molecular flexibility index (Phi) is 4.04. The Labute approximate surface area is 126 Å². The average molecular weight is 301 g/mol. The second-order valence-electron chi connectivity index (χ2n) is 4.79. The molecule has 1 saturated carbocycles. The first-order chi connectivity index (χ1) is 10.3. The van der Waals surface area contributed by atoms with Crippen LogP contribution in [0.5, 0.6) is 0 Å². The van der Waals surface area contributed by atoms with E-state index in [1.807, 2.05) is 22.9 Å². The molecule has 108 valence electrons. The number of aliphatic hydroxyl groups excluding tert-OH is 1. The molecule has 2 heterocycles. The topological polar surface area (TPSA) is 67.2 Å². The summed E-state index contributed by atoms with van der Waals surface area (Å²) in [6.07, 6.45) is 6.28. The summed E-state index contributed by atoms with van der Waals surface area (Å²) in [5.74, 6) is 5.59. The van der Waals surface area contributed by atoms with Gasteiger partial charge in [0.2, 0.25) is 0 Å². The molecule has 0 atom stereocenters. The number of amides is 1. The number of rotatable bonds is 4. The van der Waals surface area contributed by atoms with E-state index in [9.17, 15) is 4.79 Å². The Morgan fingerprint density at radius 2 is 2.43 bits per heavy atom. The number of hydrogen-bond donors (Lipinski definition) is 2. The number of nitrogens with zero attached hydrogens (tertiary/aromatic N) is 2. The molecule has 3 rings (SSSR count). The van der Waals surface area contributed by atoms with Gasteiger partial charge in [0.15, 0.2) is 5.13 Å². The van der Waals surface area contributed by atoms with Gasteiger partial charge in [-0.05, 0) is 25.0 Å². The van der Waals surface area contributed by atoms with E-state index in [0.717, 1.165) is 17.7 Å². The third-order valence-electron chi connectivity index (χ3n) is 3.13. The molecular weight excluding hydrogens is 286 g/mol. The van der Waals surface area contributed by atoms with Crippen molar-refractivity contribution in [2.75, 3.05) is 11.9 Å². The van der Waals surface area contributed by atoms with E-state index in [1.54, 1.807) is 6.20 Å². The first kappa shape index (κ1) is 13.9. The maximum Gasteiger partial charge on any atom is 0.274 e. The molecule has 1 amide bonds. The predicted molar refractivity (Wildman–Crippen MR) is 81.4 cm³/mol. The van der Waals surface area contributed by atoms with E-state index in [4.69, 9.17) is 5.11 Å². The summed E-state index contributed by atoms with van der Waals surface area (Å²) in [5.41, 5.74) is 0.667. The van der Waals surface area contributed by atoms with Crippen LogP contribution in [0.3, 0.4) is 0 Å². The molecule has 0 saturated heterocycles. The van der Waals surface area contributed by atoms with Crippen molar-refractivity contribution in [1.29, 1.82) is 0 Å². The van der Waals surface area contributed by atoms with Gasteiger partial charge < -0.3 is 9.67 Å². The minimum Gasteiger partial charge on any atom is -0.395 e. The lowest BCUT2D eigenvalue weighted by atomic mass is 10.4. The number of anilines is 1. The molecule has 0 spiro atoms. The second-order valence-corrected chi connectivity index (χ2v) is 5.82. The lowest BCUT2D eigenvalue weighted by Crippen LogP contribution is -2.16. The van der Waals surface area contributed by atoms with E-state index >= 15 is 0 Å². The first-order valence-electron chi connectivity index (χ1n) is 6.81. The molecule has 0 unspecified atom stereocenters. The summed E-state index contributed by atoms with van der Waals surface area (Å²) < 4.78 is 2.02. The molecule has 2 N–H and O–H groups in total. The zero-order valence-electron chi connectivity index (χ0n) is 11.4. The molecule has 0 bridgehead atoms. The number of carbonyl (C=O) groups excluding carboxylic acids is 1. The largest absolute Gasteiger partial charge is 0.395 e. The molecule has 1 aliphatic rings. The molecule has 2 aromatic rings. The molecule has 1 aliphatic carbocycles. The van der Waals surface area contributed by atoms with Gasteiger partial charge in [-0.2, -0.15) is 0 Å². The molecule has 2 aromatic heterocycles. The number of aliphatic hydroxyl groups is 1. The van der Waals surface area contributed by atoms with Gasteiger partial charge in [0.1, 0.15) is 5.69 Å². The van der Waals surface area contributed by atoms with Gasteiger partial charge in [0.25, 0.3) is 5.91 Å². The highest BCUT2D eigenvalue weighted by Gasteiger charge is 2.26. The Hall–Kier alpha value is -2.10. The molecule has 0 aromatic carbocycles. The Morgan fingerprint density at radius 3 is 3.19 bits per heavy atom. The van der Waals surface area contributed by atoms with Crippen LogP contribution in [0.1, 0.15) is 40.7 Å². The lowest BCUT2D eigenvalue weighted by molar-refractivity contribution is 0.101. The van der Waals surface area contributed by atoms with E-state index in [1.165, 1.54) is 11.3 Å². The number of thiazole rings is 1. The molecule has 21 heavy (non-hydrogen) atoms. The van der Waals surface area contributed by atoms with Crippen molar-refractivity contribution in [3.63, 3.8) is 0 Å². The van der Waals surface area contributed by atoms with Crippen molar-refractivity contribution in [2.45, 2.75) is 25.3 Å². The molecule has 6 heteroatoms. The number of aromatic nitrogens is 2.